The topological polar surface area (TPSA) is 75.9 Å². The molecule has 0 saturated heterocycles. The molecule has 1 aromatic heterocycles. The maximum atomic E-state index is 5.29. The molecule has 5 heteroatoms. The fraction of sp³-hybridized carbons (Fsp3) is 0.667. The van der Waals surface area contributed by atoms with Gasteiger partial charge in [0.15, 0.2) is 0 Å². The quantitative estimate of drug-likeness (QED) is 0.538. The molecule has 1 aliphatic rings. The van der Waals surface area contributed by atoms with Crippen molar-refractivity contribution in [2.75, 3.05) is 17.3 Å². The van der Waals surface area contributed by atoms with Crippen LogP contribution in [0.15, 0.2) is 12.3 Å². The number of aromatic nitrogens is 2. The maximum absolute atomic E-state index is 5.29. The molecule has 5 nitrogen and oxygen atoms in total. The van der Waals surface area contributed by atoms with E-state index in [0.717, 1.165) is 12.4 Å². The van der Waals surface area contributed by atoms with Crippen molar-refractivity contribution in [3.8, 4) is 0 Å². The van der Waals surface area contributed by atoms with Crippen molar-refractivity contribution in [2.45, 2.75) is 39.0 Å². The van der Waals surface area contributed by atoms with Crippen LogP contribution in [-0.4, -0.2) is 16.5 Å². The van der Waals surface area contributed by atoms with Gasteiger partial charge in [-0.15, -0.1) is 0 Å². The molecular weight excluding hydrogens is 214 g/mol. The number of rotatable bonds is 5. The Labute approximate surface area is 102 Å². The maximum Gasteiger partial charge on any atom is 0.239 e. The molecule has 0 unspecified atom stereocenters. The summed E-state index contributed by atoms with van der Waals surface area (Å²) in [6.45, 7) is 3.27. The van der Waals surface area contributed by atoms with Crippen LogP contribution in [0.5, 0.6) is 0 Å². The summed E-state index contributed by atoms with van der Waals surface area (Å²) in [6, 6.07) is 1.87. The first-order valence-corrected chi connectivity index (χ1v) is 6.31. The molecule has 0 aromatic carbocycles. The van der Waals surface area contributed by atoms with Gasteiger partial charge in [0, 0.05) is 12.7 Å². The summed E-state index contributed by atoms with van der Waals surface area (Å²) in [5.74, 6) is 6.58. The molecule has 17 heavy (non-hydrogen) atoms. The fourth-order valence-electron chi connectivity index (χ4n) is 2.59. The number of nitrogen functional groups attached to an aromatic ring is 1. The highest BCUT2D eigenvalue weighted by Gasteiger charge is 2.31. The summed E-state index contributed by atoms with van der Waals surface area (Å²) in [5, 5.41) is 3.41. The monoisotopic (exact) mass is 235 g/mol. The number of nitrogens with one attached hydrogen (secondary N) is 2. The van der Waals surface area contributed by atoms with E-state index >= 15 is 0 Å². The lowest BCUT2D eigenvalue weighted by molar-refractivity contribution is 0.306. The number of hydrazine groups is 1. The highest BCUT2D eigenvalue weighted by atomic mass is 15.3. The van der Waals surface area contributed by atoms with Gasteiger partial charge in [-0.1, -0.05) is 19.8 Å². The molecule has 0 spiro atoms. The molecule has 1 aromatic rings. The van der Waals surface area contributed by atoms with Crippen molar-refractivity contribution in [2.24, 2.45) is 11.3 Å². The van der Waals surface area contributed by atoms with E-state index in [0.29, 0.717) is 11.4 Å². The van der Waals surface area contributed by atoms with E-state index in [4.69, 9.17) is 5.84 Å². The van der Waals surface area contributed by atoms with Gasteiger partial charge in [-0.05, 0) is 30.7 Å². The Morgan fingerprint density at radius 2 is 2.18 bits per heavy atom. The van der Waals surface area contributed by atoms with Crippen LogP contribution in [0.3, 0.4) is 0 Å². The molecule has 1 fully saturated rings. The second-order valence-corrected chi connectivity index (χ2v) is 4.82. The molecule has 1 heterocycles. The van der Waals surface area contributed by atoms with Crippen molar-refractivity contribution in [1.82, 2.24) is 9.97 Å². The Kier molecular flexibility index (Phi) is 3.78. The molecule has 2 rings (SSSR count). The van der Waals surface area contributed by atoms with Crippen LogP contribution in [0.2, 0.25) is 0 Å². The molecule has 0 amide bonds. The highest BCUT2D eigenvalue weighted by Crippen LogP contribution is 2.40. The summed E-state index contributed by atoms with van der Waals surface area (Å²) in [5.41, 5.74) is 2.92. The molecule has 0 radical (unpaired) electrons. The minimum atomic E-state index is 0.451. The van der Waals surface area contributed by atoms with E-state index in [9.17, 15) is 0 Å². The first kappa shape index (κ1) is 12.1. The second kappa shape index (κ2) is 5.31. The third kappa shape index (κ3) is 2.85. The van der Waals surface area contributed by atoms with Gasteiger partial charge in [-0.3, -0.25) is 5.43 Å². The Morgan fingerprint density at radius 3 is 2.82 bits per heavy atom. The van der Waals surface area contributed by atoms with Crippen molar-refractivity contribution >= 4 is 11.8 Å². The van der Waals surface area contributed by atoms with Crippen LogP contribution in [0.4, 0.5) is 11.8 Å². The molecule has 0 bridgehead atoms. The summed E-state index contributed by atoms with van der Waals surface area (Å²) in [7, 11) is 0. The largest absolute Gasteiger partial charge is 0.369 e. The van der Waals surface area contributed by atoms with E-state index in [-0.39, 0.29) is 0 Å². The van der Waals surface area contributed by atoms with E-state index in [1.807, 2.05) is 6.07 Å². The van der Waals surface area contributed by atoms with Crippen LogP contribution in [0, 0.1) is 5.41 Å². The number of hydrogen-bond acceptors (Lipinski definition) is 5. The summed E-state index contributed by atoms with van der Waals surface area (Å²) < 4.78 is 0. The molecule has 1 saturated carbocycles. The summed E-state index contributed by atoms with van der Waals surface area (Å²) in [6.07, 6.45) is 8.29. The summed E-state index contributed by atoms with van der Waals surface area (Å²) in [4.78, 5) is 8.25. The zero-order valence-electron chi connectivity index (χ0n) is 10.4. The van der Waals surface area contributed by atoms with E-state index < -0.39 is 0 Å². The van der Waals surface area contributed by atoms with Gasteiger partial charge in [0.05, 0.1) is 0 Å². The number of anilines is 2. The number of nitrogens with two attached hydrogens (primary N) is 1. The van der Waals surface area contributed by atoms with Crippen LogP contribution in [-0.2, 0) is 0 Å². The third-order valence-electron chi connectivity index (χ3n) is 3.84. The first-order chi connectivity index (χ1) is 8.28. The molecule has 94 valence electrons. The van der Waals surface area contributed by atoms with E-state index in [1.54, 1.807) is 6.20 Å². The lowest BCUT2D eigenvalue weighted by Gasteiger charge is -2.27. The third-order valence-corrected chi connectivity index (χ3v) is 3.84. The predicted molar refractivity (Wildman–Crippen MR) is 69.5 cm³/mol. The summed E-state index contributed by atoms with van der Waals surface area (Å²) >= 11 is 0. The second-order valence-electron chi connectivity index (χ2n) is 4.82. The Morgan fingerprint density at radius 1 is 1.41 bits per heavy atom. The highest BCUT2D eigenvalue weighted by molar-refractivity contribution is 5.39. The molecule has 1 aliphatic carbocycles. The van der Waals surface area contributed by atoms with Crippen LogP contribution < -0.4 is 16.6 Å². The lowest BCUT2D eigenvalue weighted by Crippen LogP contribution is -2.26. The minimum Gasteiger partial charge on any atom is -0.369 e. The van der Waals surface area contributed by atoms with Gasteiger partial charge in [-0.2, -0.15) is 4.98 Å². The van der Waals surface area contributed by atoms with Crippen molar-refractivity contribution in [3.05, 3.63) is 12.3 Å². The Bertz CT molecular complexity index is 360. The minimum absolute atomic E-state index is 0.451. The van der Waals surface area contributed by atoms with Crippen LogP contribution >= 0.6 is 0 Å². The van der Waals surface area contributed by atoms with Crippen LogP contribution in [0.25, 0.3) is 0 Å². The van der Waals surface area contributed by atoms with Crippen LogP contribution in [0.1, 0.15) is 39.0 Å². The SMILES string of the molecule is CCC1(CNc2ccnc(NN)n2)CCCC1. The predicted octanol–water partition coefficient (Wildman–Crippen LogP) is 2.14. The Hall–Kier alpha value is -1.36. The van der Waals surface area contributed by atoms with E-state index in [1.165, 1.54) is 32.1 Å². The van der Waals surface area contributed by atoms with E-state index in [2.05, 4.69) is 27.6 Å². The van der Waals surface area contributed by atoms with Crippen molar-refractivity contribution in [3.63, 3.8) is 0 Å². The zero-order valence-corrected chi connectivity index (χ0v) is 10.4. The van der Waals surface area contributed by atoms with Gasteiger partial charge < -0.3 is 5.32 Å². The first-order valence-electron chi connectivity index (χ1n) is 6.31. The smallest absolute Gasteiger partial charge is 0.239 e. The average Bonchev–Trinajstić information content (AvgIpc) is 2.86. The van der Waals surface area contributed by atoms with Crippen molar-refractivity contribution in [1.29, 1.82) is 0 Å². The fourth-order valence-corrected chi connectivity index (χ4v) is 2.59. The number of nitrogens with zero attached hydrogens (tertiary/aromatic N) is 2. The molecule has 0 atom stereocenters. The Balaban J connectivity index is 1.96. The van der Waals surface area contributed by atoms with Gasteiger partial charge in [-0.25, -0.2) is 10.8 Å². The normalized spacial score (nSPS) is 18.0. The molecule has 4 N–H and O–H groups in total. The molecule has 0 aliphatic heterocycles. The van der Waals surface area contributed by atoms with Gasteiger partial charge >= 0.3 is 0 Å². The van der Waals surface area contributed by atoms with Crippen molar-refractivity contribution < 1.29 is 0 Å². The van der Waals surface area contributed by atoms with Gasteiger partial charge in [0.25, 0.3) is 0 Å². The number of hydrogen-bond donors (Lipinski definition) is 3. The standard InChI is InChI=1S/C12H21N5/c1-2-12(6-3-4-7-12)9-15-10-5-8-14-11(16-10)17-13/h5,8H,2-4,6-7,9,13H2,1H3,(H2,14,15,16,17). The average molecular weight is 235 g/mol. The zero-order chi connectivity index (χ0) is 12.1. The van der Waals surface area contributed by atoms with Gasteiger partial charge in [0.2, 0.25) is 5.95 Å². The van der Waals surface area contributed by atoms with Gasteiger partial charge in [0.1, 0.15) is 5.82 Å². The molecular formula is C12H21N5. The lowest BCUT2D eigenvalue weighted by atomic mass is 9.83.